The minimum absolute atomic E-state index is 0.106. The predicted octanol–water partition coefficient (Wildman–Crippen LogP) is 21.5. The Bertz CT molecular complexity index is 4770. The maximum Gasteiger partial charge on any atom is 0.153 e. The monoisotopic (exact) mass is 1110 g/mol. The van der Waals surface area contributed by atoms with E-state index in [0.29, 0.717) is 24.0 Å². The normalized spacial score (nSPS) is 13.6. The average Bonchev–Trinajstić information content (AvgIpc) is 1.60. The second-order valence-corrected chi connectivity index (χ2v) is 26.0. The molecule has 0 unspecified atom stereocenters. The van der Waals surface area contributed by atoms with Crippen LogP contribution < -0.4 is 14.5 Å². The zero-order chi connectivity index (χ0) is 61.0. The number of rotatable bonds is 9. The van der Waals surface area contributed by atoms with E-state index in [9.17, 15) is 0 Å². The fraction of sp³-hybridized carbons (Fsp3) is 0.177. The molecule has 0 N–H and O–H groups in total. The molecular formula is C79H71N5O. The van der Waals surface area contributed by atoms with Gasteiger partial charge >= 0.3 is 0 Å². The van der Waals surface area contributed by atoms with Crippen LogP contribution in [0.4, 0.5) is 22.7 Å². The molecule has 14 rings (SSSR count). The summed E-state index contributed by atoms with van der Waals surface area (Å²) in [6.45, 7) is 19.1. The van der Waals surface area contributed by atoms with Gasteiger partial charge in [0.1, 0.15) is 18.2 Å². The maximum absolute atomic E-state index is 8.30. The van der Waals surface area contributed by atoms with Crippen molar-refractivity contribution >= 4 is 66.4 Å². The fourth-order valence-electron chi connectivity index (χ4n) is 12.6. The van der Waals surface area contributed by atoms with Crippen LogP contribution in [-0.2, 0) is 16.2 Å². The van der Waals surface area contributed by atoms with Gasteiger partial charge in [0, 0.05) is 60.8 Å². The zero-order valence-corrected chi connectivity index (χ0v) is 49.9. The van der Waals surface area contributed by atoms with Crippen LogP contribution in [0.5, 0.6) is 11.5 Å². The highest BCUT2D eigenvalue weighted by Crippen LogP contribution is 2.53. The van der Waals surface area contributed by atoms with Gasteiger partial charge in [-0.25, -0.2) is 4.98 Å². The quantitative estimate of drug-likeness (QED) is 0.144. The van der Waals surface area contributed by atoms with Crippen molar-refractivity contribution in [2.45, 2.75) is 85.4 Å². The Kier molecular flexibility index (Phi) is 11.9. The minimum Gasteiger partial charge on any atom is -0.455 e. The lowest BCUT2D eigenvalue weighted by atomic mass is 9.77. The Labute approximate surface area is 504 Å². The first kappa shape index (κ1) is 49.9. The minimum atomic E-state index is -2.31. The van der Waals surface area contributed by atoms with Crippen molar-refractivity contribution in [3.8, 4) is 56.4 Å². The van der Waals surface area contributed by atoms with Gasteiger partial charge in [0.2, 0.25) is 0 Å². The number of aryl methyl sites for hydroxylation is 1. The van der Waals surface area contributed by atoms with Crippen molar-refractivity contribution in [3.63, 3.8) is 0 Å². The van der Waals surface area contributed by atoms with Crippen LogP contribution in [0.2, 0.25) is 0 Å². The van der Waals surface area contributed by atoms with E-state index in [4.69, 9.17) is 13.8 Å². The molecular weight excluding hydrogens is 1030 g/mol. The summed E-state index contributed by atoms with van der Waals surface area (Å²) in [4.78, 5) is 9.75. The average molecular weight is 1110 g/mol. The summed E-state index contributed by atoms with van der Waals surface area (Å²) in [7, 11) is 0. The van der Waals surface area contributed by atoms with Crippen LogP contribution in [0.3, 0.4) is 0 Å². The zero-order valence-electron chi connectivity index (χ0n) is 52.9. The lowest BCUT2D eigenvalue weighted by molar-refractivity contribution is 0.481. The summed E-state index contributed by atoms with van der Waals surface area (Å²) in [5, 5.41) is 4.32. The van der Waals surface area contributed by atoms with E-state index in [1.165, 1.54) is 38.9 Å². The predicted molar refractivity (Wildman–Crippen MR) is 359 cm³/mol. The maximum atomic E-state index is 8.30. The van der Waals surface area contributed by atoms with E-state index in [1.54, 1.807) is 18.3 Å². The number of pyridine rings is 1. The Morgan fingerprint density at radius 1 is 0.400 bits per heavy atom. The largest absolute Gasteiger partial charge is 0.455 e. The molecule has 6 heteroatoms. The summed E-state index contributed by atoms with van der Waals surface area (Å²) in [5.74, 6) is 1.79. The van der Waals surface area contributed by atoms with Crippen LogP contribution >= 0.6 is 0 Å². The molecule has 0 amide bonds. The van der Waals surface area contributed by atoms with E-state index in [0.717, 1.165) is 83.2 Å². The molecule has 0 saturated heterocycles. The topological polar surface area (TPSA) is 38.5 Å². The van der Waals surface area contributed by atoms with Crippen molar-refractivity contribution < 1.29 is 8.85 Å². The lowest BCUT2D eigenvalue weighted by Gasteiger charge is -2.32. The molecule has 4 heterocycles. The molecule has 13 aromatic rings. The van der Waals surface area contributed by atoms with E-state index >= 15 is 0 Å². The molecule has 0 radical (unpaired) electrons. The number of para-hydroxylation sites is 5. The number of benzene rings is 10. The third-order valence-electron chi connectivity index (χ3n) is 17.2. The third kappa shape index (κ3) is 9.50. The number of aromatic nitrogens is 3. The molecule has 418 valence electrons. The van der Waals surface area contributed by atoms with Crippen LogP contribution in [-0.4, -0.2) is 20.8 Å². The summed E-state index contributed by atoms with van der Waals surface area (Å²) in [6, 6.07) is 82.3. The summed E-state index contributed by atoms with van der Waals surface area (Å²) < 4.78 is 36.7. The Morgan fingerprint density at radius 3 is 1.53 bits per heavy atom. The molecule has 6 nitrogen and oxygen atoms in total. The Morgan fingerprint density at radius 2 is 0.918 bits per heavy atom. The fourth-order valence-corrected chi connectivity index (χ4v) is 12.6. The van der Waals surface area contributed by atoms with E-state index in [2.05, 4.69) is 277 Å². The van der Waals surface area contributed by atoms with Gasteiger partial charge in [-0.05, 0) is 146 Å². The highest BCUT2D eigenvalue weighted by molar-refractivity contribution is 6.11. The lowest BCUT2D eigenvalue weighted by Crippen LogP contribution is -2.25. The van der Waals surface area contributed by atoms with Gasteiger partial charge in [-0.1, -0.05) is 202 Å². The number of hydrogen-bond donors (Lipinski definition) is 0. The van der Waals surface area contributed by atoms with Crippen molar-refractivity contribution in [2.75, 3.05) is 16.5 Å². The van der Waals surface area contributed by atoms with Crippen LogP contribution in [0, 0.1) is 6.85 Å². The van der Waals surface area contributed by atoms with Crippen LogP contribution in [0.15, 0.2) is 237 Å². The molecule has 0 bridgehead atoms. The Balaban J connectivity index is 0.975. The first-order chi connectivity index (χ1) is 42.2. The van der Waals surface area contributed by atoms with Gasteiger partial charge in [0.15, 0.2) is 5.75 Å². The summed E-state index contributed by atoms with van der Waals surface area (Å²) in [6.07, 6.45) is 1.58. The molecule has 1 aliphatic heterocycles. The van der Waals surface area contributed by atoms with Gasteiger partial charge in [-0.15, -0.1) is 0 Å². The van der Waals surface area contributed by atoms with Crippen molar-refractivity contribution in [3.05, 3.63) is 259 Å². The molecule has 3 aromatic heterocycles. The molecule has 0 spiro atoms. The third-order valence-corrected chi connectivity index (χ3v) is 17.2. The molecule has 0 saturated carbocycles. The molecule has 0 aliphatic carbocycles. The first-order valence-electron chi connectivity index (χ1n) is 31.1. The molecule has 10 aromatic carbocycles. The number of fused-ring (bicyclic) bond motifs is 7. The van der Waals surface area contributed by atoms with Gasteiger partial charge in [-0.3, -0.25) is 4.57 Å². The molecule has 0 atom stereocenters. The van der Waals surface area contributed by atoms with Crippen molar-refractivity contribution in [2.24, 2.45) is 0 Å². The van der Waals surface area contributed by atoms with Crippen molar-refractivity contribution in [1.82, 2.24) is 14.1 Å². The van der Waals surface area contributed by atoms with Gasteiger partial charge in [0.25, 0.3) is 0 Å². The first-order valence-corrected chi connectivity index (χ1v) is 29.6. The number of nitrogens with zero attached hydrogens (tertiary/aromatic N) is 5. The molecule has 0 fully saturated rings. The highest BCUT2D eigenvalue weighted by atomic mass is 16.5. The number of anilines is 4. The smallest absolute Gasteiger partial charge is 0.153 e. The number of ether oxygens (including phenoxy) is 1. The molecule has 85 heavy (non-hydrogen) atoms. The SMILES string of the molecule is [2H]C([2H])([2H])c1ccnc(-n2c3ccccc3c3ccc(Oc4cc(N5CN(c6c(-c7ccc(-c8ccccc8)cc7)cc(C(C)(C)C)cc6-c6cc(C(C)(C)C)cc(C(C)(C)C)c6)c6ccccc65)ccc4-n4c5ccccc5c5ccccc54)cc32)c1. The Hall–Kier alpha value is -9.65. The highest BCUT2D eigenvalue weighted by Gasteiger charge is 2.34. The summed E-state index contributed by atoms with van der Waals surface area (Å²) in [5.41, 5.74) is 19.8. The molecule has 1 aliphatic rings. The second kappa shape index (κ2) is 20.3. The van der Waals surface area contributed by atoms with Gasteiger partial charge < -0.3 is 19.1 Å². The number of hydrogen-bond acceptors (Lipinski definition) is 4. The van der Waals surface area contributed by atoms with E-state index in [1.807, 2.05) is 22.8 Å². The van der Waals surface area contributed by atoms with Gasteiger partial charge in [0.05, 0.1) is 44.8 Å². The standard InChI is InChI=1S/C79H71N5O/c1-51-40-41-80-75(42-51)84-69-29-19-16-26-63(69)64-38-37-60(49-73(64)84)85-74-48-59(36-39-72(74)83-67-27-17-14-24-61(67)62-25-15-18-28-68(62)83)81-50-82(71-31-21-20-30-70(71)81)76-65(54-34-32-53(33-35-54)52-22-12-11-13-23-52)46-58(79(8,9)10)47-66(76)55-43-56(77(2,3)4)45-57(44-55)78(5,6)7/h11-49H,50H2,1-10H3/i1D3. The summed E-state index contributed by atoms with van der Waals surface area (Å²) >= 11 is 0. The van der Waals surface area contributed by atoms with Crippen molar-refractivity contribution in [1.29, 1.82) is 0 Å². The van der Waals surface area contributed by atoms with E-state index < -0.39 is 6.85 Å². The van der Waals surface area contributed by atoms with Gasteiger partial charge in [-0.2, -0.15) is 0 Å². The van der Waals surface area contributed by atoms with E-state index in [-0.39, 0.29) is 21.8 Å². The van der Waals surface area contributed by atoms with Crippen LogP contribution in [0.1, 0.15) is 88.7 Å². The van der Waals surface area contributed by atoms with Crippen LogP contribution in [0.25, 0.3) is 88.5 Å². The second-order valence-electron chi connectivity index (χ2n) is 26.0.